The zero-order valence-corrected chi connectivity index (χ0v) is 15.5. The molecular weight excluding hydrogens is 342 g/mol. The van der Waals surface area contributed by atoms with Crippen molar-refractivity contribution in [2.75, 3.05) is 13.7 Å². The van der Waals surface area contributed by atoms with E-state index in [1.165, 1.54) is 13.3 Å². The summed E-state index contributed by atoms with van der Waals surface area (Å²) in [7, 11) is 1.50. The fourth-order valence-corrected chi connectivity index (χ4v) is 2.85. The lowest BCUT2D eigenvalue weighted by Crippen LogP contribution is -2.06. The molecule has 136 valence electrons. The van der Waals surface area contributed by atoms with E-state index in [4.69, 9.17) is 15.1 Å². The van der Waals surface area contributed by atoms with Crippen molar-refractivity contribution in [1.29, 1.82) is 0 Å². The van der Waals surface area contributed by atoms with E-state index in [9.17, 15) is 4.79 Å². The topological polar surface area (TPSA) is 118 Å². The SMILES string of the molecule is CN.Cc1nc(-c2ccc(OCC(C)C)c(/C=N/O)c2)sc1C(=O)O. The highest BCUT2D eigenvalue weighted by Gasteiger charge is 2.16. The first-order valence-corrected chi connectivity index (χ1v) is 8.47. The van der Waals surface area contributed by atoms with Crippen LogP contribution in [-0.4, -0.2) is 41.1 Å². The molecule has 4 N–H and O–H groups in total. The molecule has 0 fully saturated rings. The van der Waals surface area contributed by atoms with Crippen LogP contribution in [0.4, 0.5) is 0 Å². The summed E-state index contributed by atoms with van der Waals surface area (Å²) >= 11 is 1.11. The van der Waals surface area contributed by atoms with E-state index in [2.05, 4.69) is 15.9 Å². The van der Waals surface area contributed by atoms with E-state index in [1.807, 2.05) is 19.9 Å². The number of nitrogens with zero attached hydrogens (tertiary/aromatic N) is 2. The summed E-state index contributed by atoms with van der Waals surface area (Å²) in [6.07, 6.45) is 1.29. The fourth-order valence-electron chi connectivity index (χ4n) is 1.95. The average molecular weight is 365 g/mol. The second-order valence-corrected chi connectivity index (χ2v) is 6.44. The molecule has 0 aliphatic carbocycles. The van der Waals surface area contributed by atoms with E-state index in [1.54, 1.807) is 19.1 Å². The number of rotatable bonds is 6. The number of aromatic carboxylic acids is 1. The number of oxime groups is 1. The molecule has 0 aliphatic heterocycles. The third kappa shape index (κ3) is 5.54. The van der Waals surface area contributed by atoms with Crippen molar-refractivity contribution in [2.45, 2.75) is 20.8 Å². The maximum Gasteiger partial charge on any atom is 0.347 e. The molecule has 0 spiro atoms. The number of aromatic nitrogens is 1. The van der Waals surface area contributed by atoms with E-state index < -0.39 is 5.97 Å². The molecular formula is C17H23N3O4S. The van der Waals surface area contributed by atoms with Crippen molar-refractivity contribution in [3.8, 4) is 16.3 Å². The Morgan fingerprint density at radius 2 is 2.12 bits per heavy atom. The number of carboxylic acids is 1. The molecule has 8 heteroatoms. The normalized spacial score (nSPS) is 10.6. The fraction of sp³-hybridized carbons (Fsp3) is 0.353. The van der Waals surface area contributed by atoms with E-state index >= 15 is 0 Å². The molecule has 0 saturated heterocycles. The first-order chi connectivity index (χ1) is 11.9. The molecule has 0 bridgehead atoms. The number of thiazole rings is 1. The molecule has 0 atom stereocenters. The first-order valence-electron chi connectivity index (χ1n) is 7.65. The number of nitrogens with two attached hydrogens (primary N) is 1. The summed E-state index contributed by atoms with van der Waals surface area (Å²) < 4.78 is 5.70. The van der Waals surface area contributed by atoms with Crippen molar-refractivity contribution < 1.29 is 19.8 Å². The third-order valence-corrected chi connectivity index (χ3v) is 4.21. The summed E-state index contributed by atoms with van der Waals surface area (Å²) in [5.74, 6) is -0.0133. The van der Waals surface area contributed by atoms with Crippen molar-refractivity contribution in [2.24, 2.45) is 16.8 Å². The molecule has 25 heavy (non-hydrogen) atoms. The van der Waals surface area contributed by atoms with Crippen LogP contribution in [0.25, 0.3) is 10.6 Å². The predicted molar refractivity (Wildman–Crippen MR) is 99.1 cm³/mol. The van der Waals surface area contributed by atoms with Crippen LogP contribution in [0.3, 0.4) is 0 Å². The zero-order valence-electron chi connectivity index (χ0n) is 14.7. The molecule has 0 unspecified atom stereocenters. The second-order valence-electron chi connectivity index (χ2n) is 5.44. The van der Waals surface area contributed by atoms with Gasteiger partial charge in [-0.05, 0) is 38.1 Å². The Bertz CT molecular complexity index is 741. The quantitative estimate of drug-likeness (QED) is 0.411. The van der Waals surface area contributed by atoms with Crippen LogP contribution in [-0.2, 0) is 0 Å². The minimum atomic E-state index is -0.986. The number of carbonyl (C=O) groups is 1. The Morgan fingerprint density at radius 3 is 2.64 bits per heavy atom. The van der Waals surface area contributed by atoms with Gasteiger partial charge in [0, 0.05) is 11.1 Å². The summed E-state index contributed by atoms with van der Waals surface area (Å²) in [6.45, 7) is 6.30. The van der Waals surface area contributed by atoms with Gasteiger partial charge in [0.2, 0.25) is 0 Å². The van der Waals surface area contributed by atoms with Crippen molar-refractivity contribution in [3.63, 3.8) is 0 Å². The van der Waals surface area contributed by atoms with Gasteiger partial charge in [-0.2, -0.15) is 0 Å². The Kier molecular flexibility index (Phi) is 8.03. The lowest BCUT2D eigenvalue weighted by atomic mass is 10.1. The van der Waals surface area contributed by atoms with E-state index in [0.29, 0.717) is 34.5 Å². The number of ether oxygens (including phenoxy) is 1. The predicted octanol–water partition coefficient (Wildman–Crippen LogP) is 3.23. The molecule has 0 radical (unpaired) electrons. The third-order valence-electron chi connectivity index (χ3n) is 3.02. The number of aryl methyl sites for hydroxylation is 1. The number of hydrogen-bond acceptors (Lipinski definition) is 7. The Labute approximate surface area is 150 Å². The van der Waals surface area contributed by atoms with Gasteiger partial charge in [0.15, 0.2) is 0 Å². The van der Waals surface area contributed by atoms with Crippen LogP contribution in [0, 0.1) is 12.8 Å². The van der Waals surface area contributed by atoms with E-state index in [-0.39, 0.29) is 4.88 Å². The molecule has 1 aromatic carbocycles. The monoisotopic (exact) mass is 365 g/mol. The maximum absolute atomic E-state index is 11.1. The van der Waals surface area contributed by atoms with Gasteiger partial charge in [0.25, 0.3) is 0 Å². The lowest BCUT2D eigenvalue weighted by Gasteiger charge is -2.11. The largest absolute Gasteiger partial charge is 0.493 e. The van der Waals surface area contributed by atoms with Gasteiger partial charge in [-0.1, -0.05) is 19.0 Å². The number of hydrogen-bond donors (Lipinski definition) is 3. The number of benzene rings is 1. The zero-order chi connectivity index (χ0) is 19.0. The van der Waals surface area contributed by atoms with Gasteiger partial charge in [-0.25, -0.2) is 9.78 Å². The van der Waals surface area contributed by atoms with Gasteiger partial charge in [0.1, 0.15) is 15.6 Å². The summed E-state index contributed by atoms with van der Waals surface area (Å²) in [4.78, 5) is 15.7. The minimum Gasteiger partial charge on any atom is -0.493 e. The van der Waals surface area contributed by atoms with Crippen molar-refractivity contribution in [3.05, 3.63) is 34.3 Å². The van der Waals surface area contributed by atoms with Gasteiger partial charge in [-0.15, -0.1) is 11.3 Å². The Balaban J connectivity index is 0.00000151. The van der Waals surface area contributed by atoms with Crippen LogP contribution < -0.4 is 10.5 Å². The maximum atomic E-state index is 11.1. The smallest absolute Gasteiger partial charge is 0.347 e. The summed E-state index contributed by atoms with van der Waals surface area (Å²) in [5, 5.41) is 21.6. The molecule has 0 aliphatic rings. The van der Waals surface area contributed by atoms with Crippen LogP contribution in [0.5, 0.6) is 5.75 Å². The van der Waals surface area contributed by atoms with Gasteiger partial charge in [-0.3, -0.25) is 0 Å². The molecule has 1 heterocycles. The van der Waals surface area contributed by atoms with Gasteiger partial charge >= 0.3 is 5.97 Å². The van der Waals surface area contributed by atoms with Crippen LogP contribution in [0.15, 0.2) is 23.4 Å². The highest BCUT2D eigenvalue weighted by Crippen LogP contribution is 2.31. The first kappa shape index (κ1) is 20.6. The standard InChI is InChI=1S/C16H18N2O4S.CH5N/c1-9(2)8-22-13-5-4-11(6-12(13)7-17-21)15-18-10(3)14(23-15)16(19)20;1-2/h4-7,9,21H,8H2,1-3H3,(H,19,20);2H2,1H3/b17-7+;. The number of carboxylic acid groups (broad SMARTS) is 1. The molecule has 2 aromatic rings. The lowest BCUT2D eigenvalue weighted by molar-refractivity contribution is 0.0701. The summed E-state index contributed by atoms with van der Waals surface area (Å²) in [5.41, 5.74) is 6.34. The van der Waals surface area contributed by atoms with Crippen molar-refractivity contribution >= 4 is 23.5 Å². The van der Waals surface area contributed by atoms with Gasteiger partial charge in [0.05, 0.1) is 18.5 Å². The van der Waals surface area contributed by atoms with E-state index in [0.717, 1.165) is 16.9 Å². The molecule has 2 rings (SSSR count). The Hall–Kier alpha value is -2.45. The second kappa shape index (κ2) is 9.75. The van der Waals surface area contributed by atoms with Crippen LogP contribution in [0.2, 0.25) is 0 Å². The molecule has 1 aromatic heterocycles. The van der Waals surface area contributed by atoms with Crippen LogP contribution in [0.1, 0.15) is 34.8 Å². The molecule has 0 amide bonds. The minimum absolute atomic E-state index is 0.220. The Morgan fingerprint density at radius 1 is 1.44 bits per heavy atom. The highest BCUT2D eigenvalue weighted by molar-refractivity contribution is 7.17. The van der Waals surface area contributed by atoms with Crippen LogP contribution >= 0.6 is 11.3 Å². The average Bonchev–Trinajstić information content (AvgIpc) is 2.98. The molecule has 0 saturated carbocycles. The van der Waals surface area contributed by atoms with Crippen molar-refractivity contribution in [1.82, 2.24) is 4.98 Å². The highest BCUT2D eigenvalue weighted by atomic mass is 32.1. The molecule has 7 nitrogen and oxygen atoms in total. The van der Waals surface area contributed by atoms with Gasteiger partial charge < -0.3 is 20.8 Å². The summed E-state index contributed by atoms with van der Waals surface area (Å²) in [6, 6.07) is 5.35.